The Labute approximate surface area is 98.3 Å². The molecule has 1 heterocycles. The van der Waals surface area contributed by atoms with Gasteiger partial charge in [0.1, 0.15) is 5.82 Å². The van der Waals surface area contributed by atoms with Crippen LogP contribution in [0.25, 0.3) is 10.8 Å². The van der Waals surface area contributed by atoms with E-state index in [9.17, 15) is 9.90 Å². The minimum Gasteiger partial charge on any atom is -0.393 e. The van der Waals surface area contributed by atoms with E-state index in [2.05, 4.69) is 10.3 Å². The summed E-state index contributed by atoms with van der Waals surface area (Å²) in [4.78, 5) is 14.6. The molecule has 1 aliphatic rings. The number of nitrogens with one attached hydrogen (secondary N) is 2. The van der Waals surface area contributed by atoms with Crippen molar-refractivity contribution in [1.82, 2.24) is 4.98 Å². The third-order valence-electron chi connectivity index (χ3n) is 3.23. The molecule has 1 aromatic carbocycles. The summed E-state index contributed by atoms with van der Waals surface area (Å²) in [5.41, 5.74) is -0.0783. The number of fused-ring (bicyclic) bond motifs is 1. The van der Waals surface area contributed by atoms with Crippen molar-refractivity contribution in [2.75, 3.05) is 5.32 Å². The predicted molar refractivity (Wildman–Crippen MR) is 67.2 cm³/mol. The number of aliphatic hydroxyl groups excluding tert-OH is 1. The van der Waals surface area contributed by atoms with Gasteiger partial charge in [-0.2, -0.15) is 0 Å². The van der Waals surface area contributed by atoms with Crippen molar-refractivity contribution in [3.05, 3.63) is 40.7 Å². The van der Waals surface area contributed by atoms with Crippen LogP contribution in [0.5, 0.6) is 0 Å². The third-order valence-corrected chi connectivity index (χ3v) is 3.23. The molecule has 1 aromatic heterocycles. The molecule has 1 fully saturated rings. The van der Waals surface area contributed by atoms with Gasteiger partial charge >= 0.3 is 0 Å². The molecule has 0 saturated heterocycles. The number of hydrogen-bond acceptors (Lipinski definition) is 3. The van der Waals surface area contributed by atoms with Crippen molar-refractivity contribution in [3.8, 4) is 0 Å². The summed E-state index contributed by atoms with van der Waals surface area (Å²) in [5.74, 6) is 0.727. The highest BCUT2D eigenvalue weighted by molar-refractivity contribution is 5.83. The quantitative estimate of drug-likeness (QED) is 0.731. The van der Waals surface area contributed by atoms with E-state index >= 15 is 0 Å². The fraction of sp³-hybridized carbons (Fsp3) is 0.308. The maximum atomic E-state index is 11.8. The van der Waals surface area contributed by atoms with Crippen LogP contribution in [-0.4, -0.2) is 22.2 Å². The lowest BCUT2D eigenvalue weighted by Crippen LogP contribution is -2.39. The van der Waals surface area contributed by atoms with Crippen molar-refractivity contribution < 1.29 is 5.11 Å². The fourth-order valence-electron chi connectivity index (χ4n) is 2.21. The lowest BCUT2D eigenvalue weighted by molar-refractivity contribution is 0.0835. The standard InChI is InChI=1S/C13H14N2O2/c16-10-6-9(7-10)14-12-5-8-3-1-2-4-11(8)13(17)15-12/h1-5,9-10,16H,6-7H2,(H2,14,15,17). The van der Waals surface area contributed by atoms with E-state index in [1.165, 1.54) is 0 Å². The molecule has 88 valence electrons. The van der Waals surface area contributed by atoms with Crippen LogP contribution in [0, 0.1) is 0 Å². The number of aliphatic hydroxyl groups is 1. The Morgan fingerprint density at radius 3 is 2.82 bits per heavy atom. The first-order valence-electron chi connectivity index (χ1n) is 5.79. The molecule has 0 atom stereocenters. The highest BCUT2D eigenvalue weighted by atomic mass is 16.3. The minimum absolute atomic E-state index is 0.0783. The van der Waals surface area contributed by atoms with Crippen LogP contribution in [0.4, 0.5) is 5.82 Å². The van der Waals surface area contributed by atoms with E-state index in [1.807, 2.05) is 30.3 Å². The molecule has 0 radical (unpaired) electrons. The molecule has 3 rings (SSSR count). The van der Waals surface area contributed by atoms with Crippen LogP contribution < -0.4 is 10.9 Å². The summed E-state index contributed by atoms with van der Waals surface area (Å²) in [6, 6.07) is 9.70. The SMILES string of the molecule is O=c1[nH]c(NC2CC(O)C2)cc2ccccc12. The van der Waals surface area contributed by atoms with Gasteiger partial charge in [0.05, 0.1) is 6.10 Å². The Balaban J connectivity index is 1.93. The molecule has 4 nitrogen and oxygen atoms in total. The van der Waals surface area contributed by atoms with Crippen LogP contribution >= 0.6 is 0 Å². The first-order chi connectivity index (χ1) is 8.22. The van der Waals surface area contributed by atoms with Gasteiger partial charge in [-0.05, 0) is 30.4 Å². The van der Waals surface area contributed by atoms with Crippen molar-refractivity contribution in [2.45, 2.75) is 25.0 Å². The van der Waals surface area contributed by atoms with Crippen molar-refractivity contribution in [3.63, 3.8) is 0 Å². The van der Waals surface area contributed by atoms with Crippen molar-refractivity contribution in [2.24, 2.45) is 0 Å². The monoisotopic (exact) mass is 230 g/mol. The van der Waals surface area contributed by atoms with Gasteiger partial charge in [-0.25, -0.2) is 0 Å². The first-order valence-corrected chi connectivity index (χ1v) is 5.79. The zero-order valence-corrected chi connectivity index (χ0v) is 9.31. The summed E-state index contributed by atoms with van der Waals surface area (Å²) in [6.45, 7) is 0. The number of hydrogen-bond donors (Lipinski definition) is 3. The number of aromatic amines is 1. The van der Waals surface area contributed by atoms with E-state index in [0.717, 1.165) is 24.0 Å². The molecule has 4 heteroatoms. The number of benzene rings is 1. The van der Waals surface area contributed by atoms with E-state index in [1.54, 1.807) is 0 Å². The summed E-state index contributed by atoms with van der Waals surface area (Å²) >= 11 is 0. The number of aromatic nitrogens is 1. The summed E-state index contributed by atoms with van der Waals surface area (Å²) in [6.07, 6.45) is 1.30. The minimum atomic E-state index is -0.195. The zero-order valence-electron chi connectivity index (χ0n) is 9.31. The van der Waals surface area contributed by atoms with Crippen LogP contribution in [0.2, 0.25) is 0 Å². The summed E-state index contributed by atoms with van der Waals surface area (Å²) in [5, 5.41) is 14.1. The maximum absolute atomic E-state index is 11.8. The summed E-state index contributed by atoms with van der Waals surface area (Å²) < 4.78 is 0. The van der Waals surface area contributed by atoms with Crippen LogP contribution in [-0.2, 0) is 0 Å². The average Bonchev–Trinajstić information content (AvgIpc) is 2.27. The van der Waals surface area contributed by atoms with E-state index < -0.39 is 0 Å². The van der Waals surface area contributed by atoms with Crippen LogP contribution in [0.3, 0.4) is 0 Å². The molecular formula is C13H14N2O2. The smallest absolute Gasteiger partial charge is 0.257 e. The van der Waals surface area contributed by atoms with Crippen LogP contribution in [0.15, 0.2) is 35.1 Å². The van der Waals surface area contributed by atoms with E-state index in [4.69, 9.17) is 0 Å². The van der Waals surface area contributed by atoms with Gasteiger partial charge in [0, 0.05) is 11.4 Å². The predicted octanol–water partition coefficient (Wildman–Crippen LogP) is 1.46. The van der Waals surface area contributed by atoms with Gasteiger partial charge in [0.25, 0.3) is 5.56 Å². The Morgan fingerprint density at radius 1 is 1.29 bits per heavy atom. The molecule has 2 aromatic rings. The van der Waals surface area contributed by atoms with Gasteiger partial charge in [0.15, 0.2) is 0 Å². The van der Waals surface area contributed by atoms with Crippen LogP contribution in [0.1, 0.15) is 12.8 Å². The molecule has 1 aliphatic carbocycles. The van der Waals surface area contributed by atoms with Crippen molar-refractivity contribution in [1.29, 1.82) is 0 Å². The number of anilines is 1. The van der Waals surface area contributed by atoms with Gasteiger partial charge < -0.3 is 15.4 Å². The Morgan fingerprint density at radius 2 is 2.06 bits per heavy atom. The molecule has 0 bridgehead atoms. The second kappa shape index (κ2) is 3.89. The lowest BCUT2D eigenvalue weighted by atomic mass is 9.89. The summed E-state index contributed by atoms with van der Waals surface area (Å²) in [7, 11) is 0. The number of rotatable bonds is 2. The topological polar surface area (TPSA) is 65.1 Å². The third kappa shape index (κ3) is 1.91. The van der Waals surface area contributed by atoms with Gasteiger partial charge in [0.2, 0.25) is 0 Å². The molecular weight excluding hydrogens is 216 g/mol. The zero-order chi connectivity index (χ0) is 11.8. The molecule has 1 saturated carbocycles. The Hall–Kier alpha value is -1.81. The molecule has 0 unspecified atom stereocenters. The van der Waals surface area contributed by atoms with E-state index in [0.29, 0.717) is 5.39 Å². The van der Waals surface area contributed by atoms with Gasteiger partial charge in [-0.3, -0.25) is 4.79 Å². The second-order valence-corrected chi connectivity index (χ2v) is 4.57. The largest absolute Gasteiger partial charge is 0.393 e. The maximum Gasteiger partial charge on any atom is 0.257 e. The Kier molecular flexibility index (Phi) is 2.37. The highest BCUT2D eigenvalue weighted by Gasteiger charge is 2.27. The average molecular weight is 230 g/mol. The normalized spacial score (nSPS) is 23.4. The lowest BCUT2D eigenvalue weighted by Gasteiger charge is -2.32. The molecule has 3 N–H and O–H groups in total. The molecule has 0 aliphatic heterocycles. The van der Waals surface area contributed by atoms with E-state index in [-0.39, 0.29) is 17.7 Å². The second-order valence-electron chi connectivity index (χ2n) is 4.57. The highest BCUT2D eigenvalue weighted by Crippen LogP contribution is 2.23. The Bertz CT molecular complexity index is 600. The first kappa shape index (κ1) is 10.4. The van der Waals surface area contributed by atoms with Gasteiger partial charge in [-0.15, -0.1) is 0 Å². The molecule has 0 amide bonds. The number of H-pyrrole nitrogens is 1. The molecule has 17 heavy (non-hydrogen) atoms. The van der Waals surface area contributed by atoms with Gasteiger partial charge in [-0.1, -0.05) is 18.2 Å². The number of pyridine rings is 1. The fourth-order valence-corrected chi connectivity index (χ4v) is 2.21. The molecule has 0 spiro atoms. The van der Waals surface area contributed by atoms with Crippen molar-refractivity contribution >= 4 is 16.6 Å².